The maximum absolute atomic E-state index is 13.4. The Morgan fingerprint density at radius 2 is 2.00 bits per heavy atom. The van der Waals surface area contributed by atoms with Gasteiger partial charge in [-0.2, -0.15) is 0 Å². The molecule has 2 aromatic carbocycles. The molecule has 1 heterocycles. The molecule has 0 bridgehead atoms. The van der Waals surface area contributed by atoms with Crippen LogP contribution in [0.25, 0.3) is 11.0 Å². The number of nitrogens with zero attached hydrogens (tertiary/aromatic N) is 1. The van der Waals surface area contributed by atoms with E-state index in [1.165, 1.54) is 23.9 Å². The summed E-state index contributed by atoms with van der Waals surface area (Å²) < 4.78 is 26.5. The zero-order valence-corrected chi connectivity index (χ0v) is 12.1. The molecular formula is C15H11F2N3OS. The number of imidazole rings is 1. The molecule has 1 amide bonds. The van der Waals surface area contributed by atoms with Crippen LogP contribution in [0.5, 0.6) is 0 Å². The lowest BCUT2D eigenvalue weighted by Gasteiger charge is -2.05. The van der Waals surface area contributed by atoms with Crippen LogP contribution in [0.1, 0.15) is 0 Å². The van der Waals surface area contributed by atoms with Crippen LogP contribution in [0.2, 0.25) is 0 Å². The van der Waals surface area contributed by atoms with Crippen molar-refractivity contribution in [3.05, 3.63) is 54.1 Å². The minimum atomic E-state index is -1.07. The van der Waals surface area contributed by atoms with Crippen LogP contribution < -0.4 is 5.32 Å². The van der Waals surface area contributed by atoms with Crippen molar-refractivity contribution in [2.24, 2.45) is 0 Å². The quantitative estimate of drug-likeness (QED) is 0.723. The lowest BCUT2D eigenvalue weighted by atomic mass is 10.3. The lowest BCUT2D eigenvalue weighted by Crippen LogP contribution is -2.15. The number of carbonyl (C=O) groups is 1. The number of nitrogens with one attached hydrogen (secondary N) is 2. The summed E-state index contributed by atoms with van der Waals surface area (Å²) in [5.74, 6) is -2.46. The summed E-state index contributed by atoms with van der Waals surface area (Å²) >= 11 is 1.19. The highest BCUT2D eigenvalue weighted by molar-refractivity contribution is 7.99. The Balaban J connectivity index is 1.63. The zero-order chi connectivity index (χ0) is 15.5. The number of fused-ring (bicyclic) bond motifs is 1. The molecule has 0 spiro atoms. The van der Waals surface area contributed by atoms with E-state index in [9.17, 15) is 13.6 Å². The summed E-state index contributed by atoms with van der Waals surface area (Å²) in [6, 6.07) is 11.1. The molecule has 0 atom stereocenters. The van der Waals surface area contributed by atoms with E-state index in [2.05, 4.69) is 15.3 Å². The number of amides is 1. The van der Waals surface area contributed by atoms with E-state index in [0.717, 1.165) is 17.1 Å². The minimum absolute atomic E-state index is 0.0375. The van der Waals surface area contributed by atoms with E-state index in [0.29, 0.717) is 5.16 Å². The van der Waals surface area contributed by atoms with E-state index < -0.39 is 17.5 Å². The number of thioether (sulfide) groups is 1. The van der Waals surface area contributed by atoms with E-state index >= 15 is 0 Å². The fourth-order valence-corrected chi connectivity index (χ4v) is 2.60. The summed E-state index contributed by atoms with van der Waals surface area (Å²) in [6.07, 6.45) is 0. The predicted octanol–water partition coefficient (Wildman–Crippen LogP) is 3.57. The Hall–Kier alpha value is -2.41. The van der Waals surface area contributed by atoms with Crippen LogP contribution in [0.4, 0.5) is 14.5 Å². The molecule has 0 unspecified atom stereocenters. The first-order valence-corrected chi connectivity index (χ1v) is 7.43. The Morgan fingerprint density at radius 3 is 2.82 bits per heavy atom. The van der Waals surface area contributed by atoms with Crippen molar-refractivity contribution in [1.29, 1.82) is 0 Å². The number of hydrogen-bond donors (Lipinski definition) is 2. The fraction of sp³-hybridized carbons (Fsp3) is 0.0667. The molecule has 3 rings (SSSR count). The van der Waals surface area contributed by atoms with Crippen LogP contribution in [0.15, 0.2) is 47.6 Å². The van der Waals surface area contributed by atoms with Crippen LogP contribution in [-0.2, 0) is 4.79 Å². The second-order valence-electron chi connectivity index (χ2n) is 4.50. The van der Waals surface area contributed by atoms with Crippen LogP contribution in [0, 0.1) is 11.6 Å². The van der Waals surface area contributed by atoms with Gasteiger partial charge in [0, 0.05) is 0 Å². The fourth-order valence-electron chi connectivity index (χ4n) is 1.92. The molecule has 7 heteroatoms. The van der Waals surface area contributed by atoms with Crippen LogP contribution >= 0.6 is 11.8 Å². The molecule has 0 radical (unpaired) electrons. The number of aromatic nitrogens is 2. The monoisotopic (exact) mass is 319 g/mol. The number of anilines is 1. The molecule has 1 aromatic heterocycles. The first-order valence-electron chi connectivity index (χ1n) is 6.45. The Morgan fingerprint density at radius 1 is 1.18 bits per heavy atom. The molecule has 112 valence electrons. The van der Waals surface area contributed by atoms with Gasteiger partial charge in [-0.1, -0.05) is 30.0 Å². The van der Waals surface area contributed by atoms with Gasteiger partial charge in [0.2, 0.25) is 5.91 Å². The highest BCUT2D eigenvalue weighted by Gasteiger charge is 2.12. The smallest absolute Gasteiger partial charge is 0.234 e. The standard InChI is InChI=1S/C15H11F2N3OS/c16-9-4-3-7-12(14(9)17)18-13(21)8-22-15-19-10-5-1-2-6-11(10)20-15/h1-7H,8H2,(H,18,21)(H,19,20). The first-order chi connectivity index (χ1) is 10.6. The largest absolute Gasteiger partial charge is 0.333 e. The number of H-pyrrole nitrogens is 1. The van der Waals surface area contributed by atoms with Gasteiger partial charge in [-0.3, -0.25) is 4.79 Å². The molecule has 0 aliphatic carbocycles. The number of hydrogen-bond acceptors (Lipinski definition) is 3. The van der Waals surface area contributed by atoms with E-state index in [1.54, 1.807) is 0 Å². The molecular weight excluding hydrogens is 308 g/mol. The number of rotatable bonds is 4. The third kappa shape index (κ3) is 3.09. The highest BCUT2D eigenvalue weighted by atomic mass is 32.2. The van der Waals surface area contributed by atoms with Gasteiger partial charge < -0.3 is 10.3 Å². The van der Waals surface area contributed by atoms with E-state index in [1.807, 2.05) is 24.3 Å². The Labute approximate surface area is 128 Å². The van der Waals surface area contributed by atoms with E-state index in [4.69, 9.17) is 0 Å². The van der Waals surface area contributed by atoms with Crippen LogP contribution in [-0.4, -0.2) is 21.6 Å². The van der Waals surface area contributed by atoms with Crippen molar-refractivity contribution >= 4 is 34.4 Å². The summed E-state index contributed by atoms with van der Waals surface area (Å²) in [4.78, 5) is 19.2. The topological polar surface area (TPSA) is 57.8 Å². The molecule has 2 N–H and O–H groups in total. The maximum Gasteiger partial charge on any atom is 0.234 e. The summed E-state index contributed by atoms with van der Waals surface area (Å²) in [7, 11) is 0. The second-order valence-corrected chi connectivity index (χ2v) is 5.46. The molecule has 0 aliphatic heterocycles. The number of para-hydroxylation sites is 2. The highest BCUT2D eigenvalue weighted by Crippen LogP contribution is 2.20. The lowest BCUT2D eigenvalue weighted by molar-refractivity contribution is -0.113. The van der Waals surface area contributed by atoms with Crippen LogP contribution in [0.3, 0.4) is 0 Å². The number of carbonyl (C=O) groups excluding carboxylic acids is 1. The maximum atomic E-state index is 13.4. The molecule has 0 fully saturated rings. The predicted molar refractivity (Wildman–Crippen MR) is 81.8 cm³/mol. The summed E-state index contributed by atoms with van der Waals surface area (Å²) in [5, 5.41) is 2.93. The zero-order valence-electron chi connectivity index (χ0n) is 11.3. The minimum Gasteiger partial charge on any atom is -0.333 e. The SMILES string of the molecule is O=C(CSc1nc2ccccc2[nH]1)Nc1cccc(F)c1F. The molecule has 3 aromatic rings. The van der Waals surface area contributed by atoms with Gasteiger partial charge >= 0.3 is 0 Å². The van der Waals surface area contributed by atoms with Gasteiger partial charge in [-0.05, 0) is 24.3 Å². The Bertz CT molecular complexity index is 802. The van der Waals surface area contributed by atoms with Gasteiger partial charge in [0.1, 0.15) is 0 Å². The molecule has 22 heavy (non-hydrogen) atoms. The number of aromatic amines is 1. The van der Waals surface area contributed by atoms with Crippen molar-refractivity contribution in [1.82, 2.24) is 9.97 Å². The van der Waals surface area contributed by atoms with Gasteiger partial charge in [0.25, 0.3) is 0 Å². The van der Waals surface area contributed by atoms with Gasteiger partial charge in [0.15, 0.2) is 16.8 Å². The van der Waals surface area contributed by atoms with E-state index in [-0.39, 0.29) is 11.4 Å². The summed E-state index contributed by atoms with van der Waals surface area (Å²) in [5.41, 5.74) is 1.51. The van der Waals surface area contributed by atoms with Gasteiger partial charge in [0.05, 0.1) is 22.5 Å². The molecule has 0 saturated carbocycles. The Kier molecular flexibility index (Phi) is 4.06. The molecule has 0 saturated heterocycles. The van der Waals surface area contributed by atoms with Gasteiger partial charge in [-0.25, -0.2) is 13.8 Å². The van der Waals surface area contributed by atoms with Crippen molar-refractivity contribution in [3.8, 4) is 0 Å². The van der Waals surface area contributed by atoms with Gasteiger partial charge in [-0.15, -0.1) is 0 Å². The normalized spacial score (nSPS) is 10.8. The average molecular weight is 319 g/mol. The number of benzene rings is 2. The average Bonchev–Trinajstić information content (AvgIpc) is 2.93. The number of halogens is 2. The molecule has 0 aliphatic rings. The third-order valence-corrected chi connectivity index (χ3v) is 3.81. The summed E-state index contributed by atoms with van der Waals surface area (Å²) in [6.45, 7) is 0. The molecule has 4 nitrogen and oxygen atoms in total. The van der Waals surface area contributed by atoms with Crippen molar-refractivity contribution < 1.29 is 13.6 Å². The second kappa shape index (κ2) is 6.15. The third-order valence-electron chi connectivity index (χ3n) is 2.93. The van der Waals surface area contributed by atoms with Crippen molar-refractivity contribution in [2.45, 2.75) is 5.16 Å². The first kappa shape index (κ1) is 14.5. The van der Waals surface area contributed by atoms with Crippen molar-refractivity contribution in [3.63, 3.8) is 0 Å². The van der Waals surface area contributed by atoms with Crippen molar-refractivity contribution in [2.75, 3.05) is 11.1 Å².